The first-order chi connectivity index (χ1) is 9.93. The van der Waals surface area contributed by atoms with Crippen LogP contribution in [-0.2, 0) is 12.7 Å². The Balaban J connectivity index is 1.80. The quantitative estimate of drug-likeness (QED) is 0.719. The molecule has 6 nitrogen and oxygen atoms in total. The van der Waals surface area contributed by atoms with Crippen LogP contribution in [-0.4, -0.2) is 24.9 Å². The largest absolute Gasteiger partial charge is 0.443 e. The van der Waals surface area contributed by atoms with Gasteiger partial charge in [-0.2, -0.15) is 23.1 Å². The summed E-state index contributed by atoms with van der Waals surface area (Å²) in [5.41, 5.74) is 0.901. The van der Waals surface area contributed by atoms with Gasteiger partial charge in [0.25, 0.3) is 0 Å². The van der Waals surface area contributed by atoms with Gasteiger partial charge >= 0.3 is 6.18 Å². The van der Waals surface area contributed by atoms with Crippen LogP contribution in [0.15, 0.2) is 12.5 Å². The van der Waals surface area contributed by atoms with Gasteiger partial charge in [0.15, 0.2) is 16.5 Å². The summed E-state index contributed by atoms with van der Waals surface area (Å²) in [6.07, 6.45) is -1.83. The van der Waals surface area contributed by atoms with Gasteiger partial charge in [-0.15, -0.1) is 11.3 Å². The summed E-state index contributed by atoms with van der Waals surface area (Å²) >= 11 is 6.32. The first-order valence-corrected chi connectivity index (χ1v) is 6.75. The van der Waals surface area contributed by atoms with Crippen LogP contribution in [0.5, 0.6) is 0 Å². The van der Waals surface area contributed by atoms with E-state index < -0.39 is 11.2 Å². The molecule has 0 aliphatic rings. The molecule has 3 heterocycles. The number of anilines is 1. The lowest BCUT2D eigenvalue weighted by Crippen LogP contribution is -2.03. The van der Waals surface area contributed by atoms with Crippen LogP contribution in [0, 0.1) is 0 Å². The van der Waals surface area contributed by atoms with Gasteiger partial charge in [-0.1, -0.05) is 0 Å². The number of rotatable bonds is 3. The van der Waals surface area contributed by atoms with Crippen LogP contribution in [0.2, 0.25) is 5.28 Å². The number of hydrogen-bond donors (Lipinski definition) is 2. The lowest BCUT2D eigenvalue weighted by molar-refractivity contribution is -0.137. The molecule has 0 radical (unpaired) electrons. The van der Waals surface area contributed by atoms with Crippen LogP contribution in [0.1, 0.15) is 9.88 Å². The highest BCUT2D eigenvalue weighted by Gasteiger charge is 2.34. The first-order valence-electron chi connectivity index (χ1n) is 5.56. The van der Waals surface area contributed by atoms with Crippen molar-refractivity contribution < 1.29 is 13.2 Å². The molecule has 0 atom stereocenters. The predicted molar refractivity (Wildman–Crippen MR) is 71.1 cm³/mol. The van der Waals surface area contributed by atoms with Crippen molar-refractivity contribution >= 4 is 39.9 Å². The normalized spacial score (nSPS) is 12.0. The molecule has 0 fully saturated rings. The summed E-state index contributed by atoms with van der Waals surface area (Å²) in [7, 11) is 0. The summed E-state index contributed by atoms with van der Waals surface area (Å²) in [6.45, 7) is 0.134. The number of alkyl halides is 3. The molecule has 0 unspecified atom stereocenters. The molecule has 3 rings (SSSR count). The van der Waals surface area contributed by atoms with Crippen molar-refractivity contribution in [3.05, 3.63) is 27.7 Å². The van der Waals surface area contributed by atoms with Crippen molar-refractivity contribution in [1.82, 2.24) is 24.9 Å². The summed E-state index contributed by atoms with van der Waals surface area (Å²) in [6, 6.07) is 0. The maximum Gasteiger partial charge on any atom is 0.443 e. The zero-order chi connectivity index (χ0) is 15.0. The number of halogens is 4. The lowest BCUT2D eigenvalue weighted by Gasteiger charge is -2.04. The minimum atomic E-state index is -4.43. The van der Waals surface area contributed by atoms with Gasteiger partial charge in [0.1, 0.15) is 5.52 Å². The van der Waals surface area contributed by atoms with Gasteiger partial charge in [0.2, 0.25) is 5.28 Å². The van der Waals surface area contributed by atoms with E-state index >= 15 is 0 Å². The SMILES string of the molecule is FC(F)(F)c1ncc(CNc2nc(Cl)nc3nc[nH]c23)s1. The van der Waals surface area contributed by atoms with Gasteiger partial charge in [0, 0.05) is 11.1 Å². The number of imidazole rings is 1. The molecule has 110 valence electrons. The van der Waals surface area contributed by atoms with E-state index in [-0.39, 0.29) is 11.8 Å². The standard InChI is InChI=1S/C10H6ClF3N6S/c11-9-19-6(5-7(20-9)18-3-17-5)15-1-4-2-16-8(21-4)10(12,13)14/h2-3H,1H2,(H2,15,17,18,19,20). The molecule has 0 bridgehead atoms. The number of nitrogens with zero attached hydrogens (tertiary/aromatic N) is 4. The zero-order valence-electron chi connectivity index (χ0n) is 10.1. The van der Waals surface area contributed by atoms with Crippen molar-refractivity contribution in [1.29, 1.82) is 0 Å². The Hall–Kier alpha value is -1.94. The third-order valence-corrected chi connectivity index (χ3v) is 3.70. The second-order valence-corrected chi connectivity index (χ2v) is 5.38. The van der Waals surface area contributed by atoms with Gasteiger partial charge < -0.3 is 10.3 Å². The molecule has 0 aromatic carbocycles. The summed E-state index contributed by atoms with van der Waals surface area (Å²) < 4.78 is 37.4. The second-order valence-electron chi connectivity index (χ2n) is 3.93. The third kappa shape index (κ3) is 2.90. The van der Waals surface area contributed by atoms with Gasteiger partial charge in [-0.05, 0) is 11.6 Å². The van der Waals surface area contributed by atoms with Gasteiger partial charge in [-0.3, -0.25) is 0 Å². The van der Waals surface area contributed by atoms with Crippen molar-refractivity contribution in [2.75, 3.05) is 5.32 Å². The third-order valence-electron chi connectivity index (χ3n) is 2.48. The van der Waals surface area contributed by atoms with Crippen LogP contribution < -0.4 is 5.32 Å². The fourth-order valence-corrected chi connectivity index (χ4v) is 2.51. The highest BCUT2D eigenvalue weighted by molar-refractivity contribution is 7.11. The fraction of sp³-hybridized carbons (Fsp3) is 0.200. The van der Waals surface area contributed by atoms with Crippen molar-refractivity contribution in [3.63, 3.8) is 0 Å². The average molecular weight is 335 g/mol. The van der Waals surface area contributed by atoms with Crippen molar-refractivity contribution in [3.8, 4) is 0 Å². The predicted octanol–water partition coefficient (Wildman–Crippen LogP) is 3.09. The summed E-state index contributed by atoms with van der Waals surface area (Å²) in [5.74, 6) is 0.365. The monoisotopic (exact) mass is 334 g/mol. The minimum absolute atomic E-state index is 0.00242. The molecule has 11 heteroatoms. The molecular weight excluding hydrogens is 329 g/mol. The van der Waals surface area contributed by atoms with E-state index in [9.17, 15) is 13.2 Å². The van der Waals surface area contributed by atoms with E-state index in [4.69, 9.17) is 11.6 Å². The minimum Gasteiger partial charge on any atom is -0.363 e. The lowest BCUT2D eigenvalue weighted by atomic mass is 10.4. The molecular formula is C10H6ClF3N6S. The van der Waals surface area contributed by atoms with Crippen LogP contribution in [0.3, 0.4) is 0 Å². The number of thiazole rings is 1. The Morgan fingerprint density at radius 3 is 2.81 bits per heavy atom. The fourth-order valence-electron chi connectivity index (χ4n) is 1.63. The van der Waals surface area contributed by atoms with Crippen molar-refractivity contribution in [2.45, 2.75) is 12.7 Å². The van der Waals surface area contributed by atoms with E-state index in [1.54, 1.807) is 0 Å². The highest BCUT2D eigenvalue weighted by Crippen LogP contribution is 2.32. The number of nitrogens with one attached hydrogen (secondary N) is 2. The first kappa shape index (κ1) is 14.0. The molecule has 0 amide bonds. The van der Waals surface area contributed by atoms with Gasteiger partial charge in [-0.25, -0.2) is 9.97 Å². The van der Waals surface area contributed by atoms with E-state index in [1.807, 2.05) is 0 Å². The Kier molecular flexibility index (Phi) is 3.41. The Morgan fingerprint density at radius 2 is 2.10 bits per heavy atom. The number of aromatic amines is 1. The average Bonchev–Trinajstić information content (AvgIpc) is 3.03. The Bertz CT molecular complexity index is 783. The highest BCUT2D eigenvalue weighted by atomic mass is 35.5. The summed E-state index contributed by atoms with van der Waals surface area (Å²) in [5, 5.41) is 2.01. The molecule has 0 aliphatic heterocycles. The van der Waals surface area contributed by atoms with Crippen LogP contribution in [0.25, 0.3) is 11.2 Å². The number of H-pyrrole nitrogens is 1. The second kappa shape index (κ2) is 5.11. The molecule has 3 aromatic rings. The molecule has 2 N–H and O–H groups in total. The maximum absolute atomic E-state index is 12.5. The number of hydrogen-bond acceptors (Lipinski definition) is 6. The Labute approximate surface area is 124 Å². The van der Waals surface area contributed by atoms with Gasteiger partial charge in [0.05, 0.1) is 12.9 Å². The molecule has 0 aliphatic carbocycles. The van der Waals surface area contributed by atoms with Crippen LogP contribution in [0.4, 0.5) is 19.0 Å². The molecule has 3 aromatic heterocycles. The molecule has 0 saturated heterocycles. The molecule has 0 saturated carbocycles. The van der Waals surface area contributed by atoms with Crippen LogP contribution >= 0.6 is 22.9 Å². The Morgan fingerprint density at radius 1 is 1.29 bits per heavy atom. The molecule has 0 spiro atoms. The summed E-state index contributed by atoms with van der Waals surface area (Å²) in [4.78, 5) is 18.4. The van der Waals surface area contributed by atoms with Crippen molar-refractivity contribution in [2.24, 2.45) is 0 Å². The van der Waals surface area contributed by atoms with E-state index in [1.165, 1.54) is 12.5 Å². The van der Waals surface area contributed by atoms with E-state index in [2.05, 4.69) is 30.2 Å². The smallest absolute Gasteiger partial charge is 0.363 e. The number of fused-ring (bicyclic) bond motifs is 1. The van der Waals surface area contributed by atoms with E-state index in [0.29, 0.717) is 33.2 Å². The maximum atomic E-state index is 12.5. The number of aromatic nitrogens is 5. The van der Waals surface area contributed by atoms with E-state index in [0.717, 1.165) is 0 Å². The zero-order valence-corrected chi connectivity index (χ0v) is 11.6. The molecule has 21 heavy (non-hydrogen) atoms. The topological polar surface area (TPSA) is 79.4 Å².